The van der Waals surface area contributed by atoms with Crippen LogP contribution < -0.4 is 11.1 Å². The number of hydrogen-bond acceptors (Lipinski definition) is 8. The number of nitrogens with one attached hydrogen (secondary N) is 3. The molecular weight excluding hydrogens is 688 g/mol. The van der Waals surface area contributed by atoms with E-state index < -0.39 is 18.3 Å². The second-order valence-electron chi connectivity index (χ2n) is 14.8. The van der Waals surface area contributed by atoms with Crippen LogP contribution in [-0.2, 0) is 19.1 Å². The molecule has 284 valence electrons. The summed E-state index contributed by atoms with van der Waals surface area (Å²) in [5.74, 6) is 1.04. The van der Waals surface area contributed by atoms with E-state index in [1.165, 1.54) is 7.11 Å². The highest BCUT2D eigenvalue weighted by molar-refractivity contribution is 5.84. The number of primary amides is 1. The summed E-state index contributed by atoms with van der Waals surface area (Å²) in [7, 11) is 1.35. The average molecular weight is 737 g/mol. The summed E-state index contributed by atoms with van der Waals surface area (Å²) in [5, 5.41) is 2.84. The van der Waals surface area contributed by atoms with Gasteiger partial charge in [-0.2, -0.15) is 0 Å². The van der Waals surface area contributed by atoms with Gasteiger partial charge >= 0.3 is 12.2 Å². The van der Waals surface area contributed by atoms with E-state index in [0.29, 0.717) is 25.3 Å². The normalized spacial score (nSPS) is 21.7. The molecule has 14 heteroatoms. The lowest BCUT2D eigenvalue weighted by Gasteiger charge is -2.29. The van der Waals surface area contributed by atoms with Crippen LogP contribution in [0.3, 0.4) is 0 Å². The Balaban J connectivity index is 0.978. The summed E-state index contributed by atoms with van der Waals surface area (Å²) < 4.78 is 9.90. The van der Waals surface area contributed by atoms with Crippen LogP contribution in [0.25, 0.3) is 33.6 Å². The van der Waals surface area contributed by atoms with Crippen molar-refractivity contribution in [2.75, 3.05) is 20.2 Å². The zero-order valence-electron chi connectivity index (χ0n) is 30.9. The Labute approximate surface area is 314 Å². The number of likely N-dealkylation sites (tertiary alicyclic amines) is 2. The van der Waals surface area contributed by atoms with Gasteiger partial charge in [0.25, 0.3) is 5.91 Å². The third kappa shape index (κ3) is 7.68. The summed E-state index contributed by atoms with van der Waals surface area (Å²) in [6.45, 7) is 4.91. The van der Waals surface area contributed by atoms with Gasteiger partial charge in [0, 0.05) is 25.0 Å². The molecule has 14 nitrogen and oxygen atoms in total. The number of benzene rings is 2. The standard InChI is InChI=1S/C40H48N8O6/c1-23(2)34(54-39(41)51)38(50)48-19-5-7-33(48)36-43-22-31(46-36)27-14-10-25(11-15-27)24-8-12-26(13-9-24)30-21-42-35(45-30)32-6-4-18-47(32)37(49)28-16-17-29(20-28)44-40(52)53-3/h8-15,21-23,28-29,32-34H,4-7,16-20H2,1-3H3,(H2,41,51)(H,42,45)(H,43,46)(H,44,52)/t28-,29+,32-,33-,34-/m0/s1. The van der Waals surface area contributed by atoms with Crippen molar-refractivity contribution in [3.63, 3.8) is 0 Å². The van der Waals surface area contributed by atoms with E-state index >= 15 is 0 Å². The summed E-state index contributed by atoms with van der Waals surface area (Å²) in [4.78, 5) is 69.9. The van der Waals surface area contributed by atoms with Gasteiger partial charge in [-0.15, -0.1) is 0 Å². The maximum atomic E-state index is 13.5. The molecule has 0 unspecified atom stereocenters. The van der Waals surface area contributed by atoms with Gasteiger partial charge in [0.15, 0.2) is 6.10 Å². The van der Waals surface area contributed by atoms with Gasteiger partial charge in [-0.25, -0.2) is 19.6 Å². The number of carbonyl (C=O) groups is 4. The molecule has 4 aromatic rings. The largest absolute Gasteiger partial charge is 0.453 e. The smallest absolute Gasteiger partial charge is 0.407 e. The Hall–Kier alpha value is -5.66. The quantitative estimate of drug-likeness (QED) is 0.150. The number of aromatic nitrogens is 4. The first-order valence-electron chi connectivity index (χ1n) is 18.8. The van der Waals surface area contributed by atoms with E-state index in [1.807, 2.05) is 37.1 Å². The second kappa shape index (κ2) is 15.7. The molecule has 2 aromatic heterocycles. The van der Waals surface area contributed by atoms with Crippen LogP contribution in [0.4, 0.5) is 9.59 Å². The van der Waals surface area contributed by atoms with E-state index in [1.54, 1.807) is 11.1 Å². The first-order valence-corrected chi connectivity index (χ1v) is 18.8. The van der Waals surface area contributed by atoms with Gasteiger partial charge in [0.1, 0.15) is 11.6 Å². The molecule has 3 aliphatic rings. The van der Waals surface area contributed by atoms with E-state index in [9.17, 15) is 19.2 Å². The molecule has 2 aliphatic heterocycles. The number of carbonyl (C=O) groups excluding carboxylic acids is 4. The molecule has 2 aromatic carbocycles. The van der Waals surface area contributed by atoms with Crippen LogP contribution in [0.15, 0.2) is 60.9 Å². The number of methoxy groups -OCH3 is 1. The maximum Gasteiger partial charge on any atom is 0.407 e. The molecule has 4 amide bonds. The number of nitrogens with zero attached hydrogens (tertiary/aromatic N) is 4. The summed E-state index contributed by atoms with van der Waals surface area (Å²) in [6.07, 6.45) is 6.77. The average Bonchev–Trinajstić information content (AvgIpc) is 4.03. The Morgan fingerprint density at radius 2 is 1.30 bits per heavy atom. The molecule has 0 spiro atoms. The molecule has 0 bridgehead atoms. The lowest BCUT2D eigenvalue weighted by molar-refractivity contribution is -0.143. The fraction of sp³-hybridized carbons (Fsp3) is 0.450. The summed E-state index contributed by atoms with van der Waals surface area (Å²) in [5.41, 5.74) is 11.1. The number of imidazole rings is 2. The molecule has 1 aliphatic carbocycles. The Bertz CT molecular complexity index is 1970. The maximum absolute atomic E-state index is 13.5. The van der Waals surface area contributed by atoms with Gasteiger partial charge in [-0.05, 0) is 73.1 Å². The molecule has 5 atom stereocenters. The van der Waals surface area contributed by atoms with Crippen LogP contribution >= 0.6 is 0 Å². The SMILES string of the molecule is COC(=O)N[C@@H]1CC[C@H](C(=O)N2CCC[C@H]2c2ncc(-c3ccc(-c4ccc(-c5cnc([C@@H]6CCCN6C(=O)[C@@H](OC(N)=O)C(C)C)[nH]5)cc4)cc3)[nH]2)C1. The first kappa shape index (κ1) is 36.7. The fourth-order valence-electron chi connectivity index (χ4n) is 8.18. The highest BCUT2D eigenvalue weighted by Crippen LogP contribution is 2.37. The molecule has 1 saturated carbocycles. The van der Waals surface area contributed by atoms with Gasteiger partial charge in [0.2, 0.25) is 5.91 Å². The van der Waals surface area contributed by atoms with E-state index in [2.05, 4.69) is 56.7 Å². The van der Waals surface area contributed by atoms with Crippen molar-refractivity contribution < 1.29 is 28.7 Å². The molecule has 7 rings (SSSR count). The van der Waals surface area contributed by atoms with Gasteiger partial charge < -0.3 is 40.3 Å². The number of hydrogen-bond donors (Lipinski definition) is 4. The number of rotatable bonds is 10. The number of H-pyrrole nitrogens is 2. The van der Waals surface area contributed by atoms with Gasteiger partial charge in [-0.1, -0.05) is 62.4 Å². The minimum Gasteiger partial charge on any atom is -0.453 e. The van der Waals surface area contributed by atoms with E-state index in [0.717, 1.165) is 78.0 Å². The minimum absolute atomic E-state index is 0.0434. The molecule has 0 radical (unpaired) electrons. The predicted octanol–water partition coefficient (Wildman–Crippen LogP) is 6.11. The van der Waals surface area contributed by atoms with Crippen molar-refractivity contribution in [2.24, 2.45) is 17.6 Å². The minimum atomic E-state index is -0.960. The molecule has 54 heavy (non-hydrogen) atoms. The van der Waals surface area contributed by atoms with E-state index in [4.69, 9.17) is 20.2 Å². The van der Waals surface area contributed by atoms with Crippen molar-refractivity contribution in [2.45, 2.75) is 83.0 Å². The molecule has 5 N–H and O–H groups in total. The molecule has 3 fully saturated rings. The highest BCUT2D eigenvalue weighted by Gasteiger charge is 2.40. The third-order valence-electron chi connectivity index (χ3n) is 11.0. The van der Waals surface area contributed by atoms with Crippen LogP contribution in [0.2, 0.25) is 0 Å². The van der Waals surface area contributed by atoms with E-state index in [-0.39, 0.29) is 41.8 Å². The zero-order valence-corrected chi connectivity index (χ0v) is 30.9. The molecule has 4 heterocycles. The first-order chi connectivity index (χ1) is 26.1. The van der Waals surface area contributed by atoms with Crippen molar-refractivity contribution in [3.05, 3.63) is 72.6 Å². The molecular formula is C40H48N8O6. The van der Waals surface area contributed by atoms with Crippen LogP contribution in [0, 0.1) is 11.8 Å². The monoisotopic (exact) mass is 736 g/mol. The number of nitrogens with two attached hydrogens (primary N) is 1. The molecule has 2 saturated heterocycles. The number of ether oxygens (including phenoxy) is 2. The van der Waals surface area contributed by atoms with Gasteiger partial charge in [0.05, 0.1) is 43.0 Å². The topological polar surface area (TPSA) is 189 Å². The Kier molecular flexibility index (Phi) is 10.7. The zero-order chi connectivity index (χ0) is 37.9. The second-order valence-corrected chi connectivity index (χ2v) is 14.8. The van der Waals surface area contributed by atoms with Crippen LogP contribution in [0.1, 0.15) is 82.5 Å². The lowest BCUT2D eigenvalue weighted by Crippen LogP contribution is -2.44. The van der Waals surface area contributed by atoms with Crippen molar-refractivity contribution in [1.82, 2.24) is 35.1 Å². The number of amides is 4. The van der Waals surface area contributed by atoms with Gasteiger partial charge in [-0.3, -0.25) is 9.59 Å². The summed E-state index contributed by atoms with van der Waals surface area (Å²) in [6, 6.07) is 16.2. The summed E-state index contributed by atoms with van der Waals surface area (Å²) >= 11 is 0. The van der Waals surface area contributed by atoms with Crippen molar-refractivity contribution in [1.29, 1.82) is 0 Å². The predicted molar refractivity (Wildman–Crippen MR) is 200 cm³/mol. The lowest BCUT2D eigenvalue weighted by atomic mass is 10.0. The third-order valence-corrected chi connectivity index (χ3v) is 11.0. The van der Waals surface area contributed by atoms with Crippen LogP contribution in [0.5, 0.6) is 0 Å². The number of alkyl carbamates (subject to hydrolysis) is 1. The van der Waals surface area contributed by atoms with Crippen molar-refractivity contribution in [3.8, 4) is 33.6 Å². The highest BCUT2D eigenvalue weighted by atomic mass is 16.6. The Morgan fingerprint density at radius 3 is 1.81 bits per heavy atom. The fourth-order valence-corrected chi connectivity index (χ4v) is 8.18. The Morgan fingerprint density at radius 1 is 0.778 bits per heavy atom. The number of aromatic amines is 2. The van der Waals surface area contributed by atoms with Crippen LogP contribution in [-0.4, -0.2) is 86.1 Å². The van der Waals surface area contributed by atoms with Crippen molar-refractivity contribution >= 4 is 24.0 Å².